The summed E-state index contributed by atoms with van der Waals surface area (Å²) in [5, 5.41) is 9.67. The fourth-order valence-corrected chi connectivity index (χ4v) is 5.24. The summed E-state index contributed by atoms with van der Waals surface area (Å²) in [4.78, 5) is 37.0. The van der Waals surface area contributed by atoms with Gasteiger partial charge in [-0.15, -0.1) is 0 Å². The summed E-state index contributed by atoms with van der Waals surface area (Å²) >= 11 is 0. The van der Waals surface area contributed by atoms with Crippen LogP contribution < -0.4 is 10.5 Å². The molecule has 3 N–H and O–H groups in total. The maximum Gasteiger partial charge on any atom is 0.338 e. The SMILES string of the molecule is COc1ccc(CN2C(=O)CN(Cc3cccc(C[C@](N)(C(=O)O)C(=O)OC(C)(C)C)c3)S2(=O)=O)cc1. The van der Waals surface area contributed by atoms with Gasteiger partial charge in [0.2, 0.25) is 5.54 Å². The number of carbonyl (C=O) groups excluding carboxylic acids is 2. The average Bonchev–Trinajstić information content (AvgIpc) is 3.01. The minimum absolute atomic E-state index is 0.119. The van der Waals surface area contributed by atoms with E-state index < -0.39 is 39.2 Å². The van der Waals surface area contributed by atoms with Crippen molar-refractivity contribution in [2.45, 2.75) is 51.4 Å². The fraction of sp³-hybridized carbons (Fsp3) is 0.400. The quantitative estimate of drug-likeness (QED) is 0.360. The molecule has 0 spiro atoms. The minimum atomic E-state index is -4.09. The molecule has 3 rings (SSSR count). The monoisotopic (exact) mass is 533 g/mol. The Kier molecular flexibility index (Phi) is 7.96. The van der Waals surface area contributed by atoms with Gasteiger partial charge in [-0.1, -0.05) is 36.4 Å². The van der Waals surface area contributed by atoms with E-state index in [1.54, 1.807) is 69.3 Å². The number of benzene rings is 2. The number of carbonyl (C=O) groups is 3. The van der Waals surface area contributed by atoms with Crippen molar-refractivity contribution in [1.82, 2.24) is 8.61 Å². The minimum Gasteiger partial charge on any atom is -0.497 e. The Morgan fingerprint density at radius 3 is 2.22 bits per heavy atom. The van der Waals surface area contributed by atoms with Crippen molar-refractivity contribution in [2.75, 3.05) is 13.7 Å². The number of amides is 1. The number of nitrogens with two attached hydrogens (primary N) is 1. The Morgan fingerprint density at radius 1 is 1.03 bits per heavy atom. The largest absolute Gasteiger partial charge is 0.497 e. The molecule has 1 heterocycles. The van der Waals surface area contributed by atoms with Crippen LogP contribution in [0.1, 0.15) is 37.5 Å². The van der Waals surface area contributed by atoms with Crippen LogP contribution in [0.5, 0.6) is 5.75 Å². The standard InChI is InChI=1S/C25H31N3O8S/c1-24(2,3)36-23(32)25(26,22(30)31)13-18-6-5-7-19(12-18)14-27-16-21(29)28(37(27,33)34)15-17-8-10-20(35-4)11-9-17/h5-12H,13-16,26H2,1-4H3,(H,30,31)/t25-/m0/s1. The van der Waals surface area contributed by atoms with Gasteiger partial charge in [0.05, 0.1) is 20.2 Å². The van der Waals surface area contributed by atoms with Crippen LogP contribution in [0.2, 0.25) is 0 Å². The van der Waals surface area contributed by atoms with Gasteiger partial charge in [0.25, 0.3) is 5.91 Å². The number of carboxylic acid groups (broad SMARTS) is 1. The summed E-state index contributed by atoms with van der Waals surface area (Å²) in [6.45, 7) is 4.22. The summed E-state index contributed by atoms with van der Waals surface area (Å²) in [6.07, 6.45) is -0.375. The second kappa shape index (κ2) is 10.5. The number of aliphatic carboxylic acids is 1. The maximum absolute atomic E-state index is 13.1. The van der Waals surface area contributed by atoms with Crippen molar-refractivity contribution in [3.05, 3.63) is 65.2 Å². The Bertz CT molecular complexity index is 1290. The van der Waals surface area contributed by atoms with E-state index in [0.717, 1.165) is 8.61 Å². The van der Waals surface area contributed by atoms with Gasteiger partial charge in [0.1, 0.15) is 11.4 Å². The Morgan fingerprint density at radius 2 is 1.65 bits per heavy atom. The summed E-state index contributed by atoms with van der Waals surface area (Å²) in [6, 6.07) is 13.1. The number of esters is 1. The zero-order valence-electron chi connectivity index (χ0n) is 21.1. The smallest absolute Gasteiger partial charge is 0.338 e. The lowest BCUT2D eigenvalue weighted by Crippen LogP contribution is -2.58. The summed E-state index contributed by atoms with van der Waals surface area (Å²) in [5.41, 5.74) is 4.21. The molecule has 0 aliphatic carbocycles. The van der Waals surface area contributed by atoms with E-state index in [2.05, 4.69) is 0 Å². The molecule has 1 aliphatic rings. The van der Waals surface area contributed by atoms with Crippen LogP contribution >= 0.6 is 0 Å². The molecule has 37 heavy (non-hydrogen) atoms. The second-order valence-corrected chi connectivity index (χ2v) is 11.7. The van der Waals surface area contributed by atoms with Crippen molar-refractivity contribution in [2.24, 2.45) is 5.73 Å². The zero-order chi connectivity index (χ0) is 27.6. The van der Waals surface area contributed by atoms with Gasteiger partial charge < -0.3 is 20.3 Å². The lowest BCUT2D eigenvalue weighted by atomic mass is 9.91. The van der Waals surface area contributed by atoms with Crippen molar-refractivity contribution in [3.8, 4) is 5.75 Å². The van der Waals surface area contributed by atoms with E-state index in [1.807, 2.05) is 0 Å². The highest BCUT2D eigenvalue weighted by Crippen LogP contribution is 2.25. The molecule has 1 saturated heterocycles. The van der Waals surface area contributed by atoms with Crippen LogP contribution in [0, 0.1) is 0 Å². The van der Waals surface area contributed by atoms with Gasteiger partial charge in [0.15, 0.2) is 0 Å². The van der Waals surface area contributed by atoms with E-state index in [9.17, 15) is 27.9 Å². The molecule has 0 bridgehead atoms. The van der Waals surface area contributed by atoms with E-state index >= 15 is 0 Å². The van der Waals surface area contributed by atoms with Crippen molar-refractivity contribution in [1.29, 1.82) is 0 Å². The Labute approximate surface area is 215 Å². The first-order valence-electron chi connectivity index (χ1n) is 11.4. The topological polar surface area (TPSA) is 157 Å². The normalized spacial score (nSPS) is 17.3. The number of methoxy groups -OCH3 is 1. The lowest BCUT2D eigenvalue weighted by molar-refractivity contribution is -0.169. The predicted octanol–water partition coefficient (Wildman–Crippen LogP) is 1.45. The summed E-state index contributed by atoms with van der Waals surface area (Å²) < 4.78 is 38.4. The van der Waals surface area contributed by atoms with Crippen LogP contribution in [-0.2, 0) is 48.8 Å². The van der Waals surface area contributed by atoms with Crippen LogP contribution in [0.4, 0.5) is 0 Å². The first-order valence-corrected chi connectivity index (χ1v) is 12.8. The van der Waals surface area contributed by atoms with Crippen molar-refractivity contribution in [3.63, 3.8) is 0 Å². The number of hydrogen-bond donors (Lipinski definition) is 2. The molecule has 0 saturated carbocycles. The molecular weight excluding hydrogens is 502 g/mol. The summed E-state index contributed by atoms with van der Waals surface area (Å²) in [5.74, 6) is -2.59. The first-order chi connectivity index (χ1) is 17.2. The molecule has 12 heteroatoms. The third-order valence-corrected chi connectivity index (χ3v) is 7.46. The van der Waals surface area contributed by atoms with Crippen molar-refractivity contribution < 1.29 is 37.4 Å². The summed E-state index contributed by atoms with van der Waals surface area (Å²) in [7, 11) is -2.57. The van der Waals surface area contributed by atoms with Gasteiger partial charge in [0, 0.05) is 13.0 Å². The first kappa shape index (κ1) is 28.1. The van der Waals surface area contributed by atoms with Gasteiger partial charge in [-0.3, -0.25) is 4.79 Å². The third-order valence-electron chi connectivity index (χ3n) is 5.66. The number of rotatable bonds is 9. The fourth-order valence-electron chi connectivity index (χ4n) is 3.75. The van der Waals surface area contributed by atoms with E-state index in [1.165, 1.54) is 7.11 Å². The van der Waals surface area contributed by atoms with E-state index in [4.69, 9.17) is 15.2 Å². The van der Waals surface area contributed by atoms with Crippen LogP contribution in [0.15, 0.2) is 48.5 Å². The highest BCUT2D eigenvalue weighted by molar-refractivity contribution is 7.87. The predicted molar refractivity (Wildman–Crippen MR) is 133 cm³/mol. The molecule has 1 atom stereocenters. The number of carboxylic acids is 1. The number of ether oxygens (including phenoxy) is 2. The molecule has 200 valence electrons. The highest BCUT2D eigenvalue weighted by Gasteiger charge is 2.46. The van der Waals surface area contributed by atoms with Gasteiger partial charge >= 0.3 is 22.1 Å². The van der Waals surface area contributed by atoms with E-state index in [0.29, 0.717) is 22.4 Å². The molecule has 11 nitrogen and oxygen atoms in total. The number of nitrogens with zero attached hydrogens (tertiary/aromatic N) is 2. The molecule has 2 aromatic carbocycles. The van der Waals surface area contributed by atoms with Gasteiger partial charge in [-0.25, -0.2) is 13.9 Å². The van der Waals surface area contributed by atoms with Crippen molar-refractivity contribution >= 4 is 28.1 Å². The highest BCUT2D eigenvalue weighted by atomic mass is 32.2. The Hall–Kier alpha value is -3.48. The maximum atomic E-state index is 13.1. The van der Waals surface area contributed by atoms with Crippen LogP contribution in [0.3, 0.4) is 0 Å². The third kappa shape index (κ3) is 6.45. The van der Waals surface area contributed by atoms with E-state index in [-0.39, 0.29) is 26.1 Å². The Balaban J connectivity index is 1.77. The van der Waals surface area contributed by atoms with Crippen LogP contribution in [0.25, 0.3) is 0 Å². The average molecular weight is 534 g/mol. The molecule has 1 amide bonds. The molecule has 0 unspecified atom stereocenters. The molecule has 2 aromatic rings. The van der Waals surface area contributed by atoms with Crippen LogP contribution in [-0.4, -0.2) is 64.8 Å². The molecular formula is C25H31N3O8S. The molecule has 0 aromatic heterocycles. The van der Waals surface area contributed by atoms with Gasteiger partial charge in [-0.05, 0) is 49.6 Å². The zero-order valence-corrected chi connectivity index (χ0v) is 21.9. The molecule has 1 aliphatic heterocycles. The molecule has 0 radical (unpaired) electrons. The second-order valence-electron chi connectivity index (χ2n) is 9.80. The number of hydrogen-bond acceptors (Lipinski definition) is 8. The molecule has 1 fully saturated rings. The van der Waals surface area contributed by atoms with Gasteiger partial charge in [-0.2, -0.15) is 12.7 Å². The lowest BCUT2D eigenvalue weighted by Gasteiger charge is -2.28.